The summed E-state index contributed by atoms with van der Waals surface area (Å²) in [5.41, 5.74) is 1.35. The van der Waals surface area contributed by atoms with Crippen molar-refractivity contribution < 1.29 is 9.59 Å². The van der Waals surface area contributed by atoms with Gasteiger partial charge in [-0.1, -0.05) is 0 Å². The van der Waals surface area contributed by atoms with Gasteiger partial charge in [0.2, 0.25) is 5.91 Å². The molecular weight excluding hydrogens is 254 g/mol. The summed E-state index contributed by atoms with van der Waals surface area (Å²) in [6.45, 7) is 0. The number of urea groups is 1. The Morgan fingerprint density at radius 3 is 2.17 bits per heavy atom. The van der Waals surface area contributed by atoms with E-state index in [1.165, 1.54) is 0 Å². The third kappa shape index (κ3) is 5.05. The van der Waals surface area contributed by atoms with Crippen molar-refractivity contribution in [3.63, 3.8) is 0 Å². The number of carbonyl (C=O) groups excluding carboxylic acids is 2. The molecule has 1 rings (SSSR count). The predicted octanol–water partition coefficient (Wildman–Crippen LogP) is 2.40. The second-order valence-corrected chi connectivity index (χ2v) is 4.00. The van der Waals surface area contributed by atoms with Crippen LogP contribution in [0.4, 0.5) is 16.2 Å². The molecule has 1 aromatic carbocycles. The number of alkyl halides is 1. The fourth-order valence-corrected chi connectivity index (χ4v) is 1.41. The zero-order chi connectivity index (χ0) is 13.4. The lowest BCUT2D eigenvalue weighted by Crippen LogP contribution is -2.24. The first-order valence-corrected chi connectivity index (χ1v) is 6.13. The Labute approximate surface area is 111 Å². The van der Waals surface area contributed by atoms with Crippen LogP contribution >= 0.6 is 11.6 Å². The summed E-state index contributed by atoms with van der Waals surface area (Å²) >= 11 is 5.51. The lowest BCUT2D eigenvalue weighted by Gasteiger charge is -2.07. The molecule has 0 atom stereocenters. The van der Waals surface area contributed by atoms with Gasteiger partial charge < -0.3 is 16.0 Å². The summed E-state index contributed by atoms with van der Waals surface area (Å²) in [5.74, 6) is 0.408. The quantitative estimate of drug-likeness (QED) is 0.719. The number of hydrogen-bond donors (Lipinski definition) is 3. The van der Waals surface area contributed by atoms with Gasteiger partial charge in [0.05, 0.1) is 0 Å². The van der Waals surface area contributed by atoms with Gasteiger partial charge in [-0.3, -0.25) is 4.79 Å². The lowest BCUT2D eigenvalue weighted by atomic mass is 10.2. The van der Waals surface area contributed by atoms with Crippen molar-refractivity contribution in [2.45, 2.75) is 12.8 Å². The monoisotopic (exact) mass is 269 g/mol. The molecule has 5 nitrogen and oxygen atoms in total. The number of hydrogen-bond acceptors (Lipinski definition) is 2. The van der Waals surface area contributed by atoms with E-state index in [4.69, 9.17) is 11.6 Å². The Morgan fingerprint density at radius 2 is 1.67 bits per heavy atom. The van der Waals surface area contributed by atoms with Gasteiger partial charge in [0.1, 0.15) is 0 Å². The minimum atomic E-state index is -0.283. The highest BCUT2D eigenvalue weighted by Gasteiger charge is 2.02. The molecule has 0 aliphatic rings. The van der Waals surface area contributed by atoms with Gasteiger partial charge in [-0.15, -0.1) is 11.6 Å². The minimum absolute atomic E-state index is 0.0670. The van der Waals surface area contributed by atoms with Crippen molar-refractivity contribution >= 4 is 34.9 Å². The maximum absolute atomic E-state index is 11.4. The van der Waals surface area contributed by atoms with Gasteiger partial charge in [-0.2, -0.15) is 0 Å². The lowest BCUT2D eigenvalue weighted by molar-refractivity contribution is -0.116. The van der Waals surface area contributed by atoms with Crippen molar-refractivity contribution in [1.82, 2.24) is 5.32 Å². The van der Waals surface area contributed by atoms with Crippen LogP contribution in [-0.2, 0) is 4.79 Å². The first-order valence-electron chi connectivity index (χ1n) is 5.60. The Morgan fingerprint density at radius 1 is 1.11 bits per heavy atom. The maximum Gasteiger partial charge on any atom is 0.318 e. The van der Waals surface area contributed by atoms with Crippen LogP contribution in [0.5, 0.6) is 0 Å². The molecule has 6 heteroatoms. The van der Waals surface area contributed by atoms with E-state index < -0.39 is 0 Å². The SMILES string of the molecule is CNC(=O)Nc1ccc(NC(=O)CCCCl)cc1. The van der Waals surface area contributed by atoms with Gasteiger partial charge >= 0.3 is 6.03 Å². The molecule has 0 radical (unpaired) electrons. The van der Waals surface area contributed by atoms with Crippen LogP contribution < -0.4 is 16.0 Å². The molecule has 0 fully saturated rings. The van der Waals surface area contributed by atoms with Gasteiger partial charge in [0.25, 0.3) is 0 Å². The first-order chi connectivity index (χ1) is 8.65. The Balaban J connectivity index is 2.49. The largest absolute Gasteiger partial charge is 0.341 e. The van der Waals surface area contributed by atoms with E-state index in [-0.39, 0.29) is 11.9 Å². The topological polar surface area (TPSA) is 70.2 Å². The number of rotatable bonds is 5. The molecule has 3 amide bonds. The van der Waals surface area contributed by atoms with E-state index in [9.17, 15) is 9.59 Å². The fourth-order valence-electron chi connectivity index (χ4n) is 1.28. The number of amides is 3. The highest BCUT2D eigenvalue weighted by Crippen LogP contribution is 2.13. The van der Waals surface area contributed by atoms with Crippen molar-refractivity contribution in [2.24, 2.45) is 0 Å². The summed E-state index contributed by atoms with van der Waals surface area (Å²) in [5, 5.41) is 7.82. The molecule has 0 bridgehead atoms. The van der Waals surface area contributed by atoms with Crippen LogP contribution in [0.1, 0.15) is 12.8 Å². The van der Waals surface area contributed by atoms with E-state index in [2.05, 4.69) is 16.0 Å². The Hall–Kier alpha value is -1.75. The van der Waals surface area contributed by atoms with Crippen LogP contribution in [0.3, 0.4) is 0 Å². The number of carbonyl (C=O) groups is 2. The number of nitrogens with one attached hydrogen (secondary N) is 3. The molecule has 0 heterocycles. The highest BCUT2D eigenvalue weighted by molar-refractivity contribution is 6.18. The van der Waals surface area contributed by atoms with Crippen molar-refractivity contribution in [3.05, 3.63) is 24.3 Å². The molecule has 98 valence electrons. The average Bonchev–Trinajstić information content (AvgIpc) is 2.38. The highest BCUT2D eigenvalue weighted by atomic mass is 35.5. The number of halogens is 1. The second kappa shape index (κ2) is 7.55. The Bertz CT molecular complexity index is 406. The average molecular weight is 270 g/mol. The number of anilines is 2. The summed E-state index contributed by atoms with van der Waals surface area (Å²) in [6, 6.07) is 6.60. The standard InChI is InChI=1S/C12H16ClN3O2/c1-14-12(18)16-10-6-4-9(5-7-10)15-11(17)3-2-8-13/h4-7H,2-3,8H2,1H3,(H,15,17)(H2,14,16,18). The summed E-state index contributed by atoms with van der Waals surface area (Å²) < 4.78 is 0. The van der Waals surface area contributed by atoms with Gasteiger partial charge in [-0.25, -0.2) is 4.79 Å². The number of benzene rings is 1. The zero-order valence-electron chi connectivity index (χ0n) is 10.1. The first kappa shape index (κ1) is 14.3. The van der Waals surface area contributed by atoms with E-state index >= 15 is 0 Å². The van der Waals surface area contributed by atoms with Gasteiger partial charge in [-0.05, 0) is 30.7 Å². The van der Waals surface area contributed by atoms with Crippen LogP contribution in [0, 0.1) is 0 Å². The van der Waals surface area contributed by atoms with Gasteiger partial charge in [0.15, 0.2) is 0 Å². The third-order valence-corrected chi connectivity index (χ3v) is 2.46. The molecule has 0 aromatic heterocycles. The molecular formula is C12H16ClN3O2. The maximum atomic E-state index is 11.4. The molecule has 0 aliphatic carbocycles. The molecule has 0 aliphatic heterocycles. The summed E-state index contributed by atoms with van der Waals surface area (Å²) in [4.78, 5) is 22.5. The predicted molar refractivity (Wildman–Crippen MR) is 73.1 cm³/mol. The fraction of sp³-hybridized carbons (Fsp3) is 0.333. The second-order valence-electron chi connectivity index (χ2n) is 3.62. The smallest absolute Gasteiger partial charge is 0.318 e. The van der Waals surface area contributed by atoms with Crippen LogP contribution in [0.15, 0.2) is 24.3 Å². The van der Waals surface area contributed by atoms with E-state index in [1.807, 2.05) is 0 Å². The molecule has 0 spiro atoms. The van der Waals surface area contributed by atoms with E-state index in [1.54, 1.807) is 31.3 Å². The third-order valence-electron chi connectivity index (χ3n) is 2.19. The molecule has 1 aromatic rings. The van der Waals surface area contributed by atoms with Crippen molar-refractivity contribution in [3.8, 4) is 0 Å². The molecule has 3 N–H and O–H groups in total. The van der Waals surface area contributed by atoms with Crippen LogP contribution in [0.2, 0.25) is 0 Å². The minimum Gasteiger partial charge on any atom is -0.341 e. The molecule has 0 saturated heterocycles. The molecule has 0 saturated carbocycles. The van der Waals surface area contributed by atoms with Gasteiger partial charge in [0, 0.05) is 30.7 Å². The molecule has 18 heavy (non-hydrogen) atoms. The van der Waals surface area contributed by atoms with E-state index in [0.29, 0.717) is 30.1 Å². The summed E-state index contributed by atoms with van der Waals surface area (Å²) in [7, 11) is 1.54. The summed E-state index contributed by atoms with van der Waals surface area (Å²) in [6.07, 6.45) is 1.06. The van der Waals surface area contributed by atoms with Crippen LogP contribution in [-0.4, -0.2) is 24.9 Å². The zero-order valence-corrected chi connectivity index (χ0v) is 10.9. The normalized spacial score (nSPS) is 9.67. The molecule has 0 unspecified atom stereocenters. The van der Waals surface area contributed by atoms with E-state index in [0.717, 1.165) is 0 Å². The van der Waals surface area contributed by atoms with Crippen molar-refractivity contribution in [2.75, 3.05) is 23.6 Å². The Kier molecular flexibility index (Phi) is 6.00. The van der Waals surface area contributed by atoms with Crippen LogP contribution in [0.25, 0.3) is 0 Å². The van der Waals surface area contributed by atoms with Crippen molar-refractivity contribution in [1.29, 1.82) is 0 Å².